The predicted octanol–water partition coefficient (Wildman–Crippen LogP) is 2.87. The summed E-state index contributed by atoms with van der Waals surface area (Å²) in [5.74, 6) is 0.0160. The van der Waals surface area contributed by atoms with Gasteiger partial charge in [0.1, 0.15) is 0 Å². The zero-order valence-electron chi connectivity index (χ0n) is 11.4. The van der Waals surface area contributed by atoms with Crippen LogP contribution in [0.2, 0.25) is 0 Å². The molecule has 0 aliphatic heterocycles. The number of amides is 1. The van der Waals surface area contributed by atoms with Gasteiger partial charge in [-0.05, 0) is 24.6 Å². The number of nitrogens with one attached hydrogen (secondary N) is 1. The highest BCUT2D eigenvalue weighted by atomic mass is 16.3. The fourth-order valence-corrected chi connectivity index (χ4v) is 1.78. The molecule has 1 amide bonds. The van der Waals surface area contributed by atoms with E-state index in [2.05, 4.69) is 5.32 Å². The highest BCUT2D eigenvalue weighted by Crippen LogP contribution is 2.06. The molecule has 0 radical (unpaired) electrons. The van der Waals surface area contributed by atoms with E-state index in [0.29, 0.717) is 12.3 Å². The normalized spacial score (nSPS) is 10.2. The molecule has 1 heterocycles. The molecule has 4 nitrogen and oxygen atoms in total. The molecule has 0 aliphatic rings. The third-order valence-electron chi connectivity index (χ3n) is 2.99. The van der Waals surface area contributed by atoms with E-state index >= 15 is 0 Å². The van der Waals surface area contributed by atoms with Gasteiger partial charge >= 0.3 is 0 Å². The molecule has 1 aromatic heterocycles. The molecule has 2 aromatic rings. The maximum Gasteiger partial charge on any atom is 0.220 e. The van der Waals surface area contributed by atoms with Crippen molar-refractivity contribution in [3.63, 3.8) is 0 Å². The number of carbonyl (C=O) groups is 2. The summed E-state index contributed by atoms with van der Waals surface area (Å²) in [4.78, 5) is 23.3. The highest BCUT2D eigenvalue weighted by molar-refractivity contribution is 5.95. The summed E-state index contributed by atoms with van der Waals surface area (Å²) < 4.78 is 4.99. The second-order valence-corrected chi connectivity index (χ2v) is 4.66. The minimum Gasteiger partial charge on any atom is -0.461 e. The van der Waals surface area contributed by atoms with Crippen molar-refractivity contribution in [2.75, 3.05) is 0 Å². The van der Waals surface area contributed by atoms with Crippen molar-refractivity contribution in [2.24, 2.45) is 0 Å². The van der Waals surface area contributed by atoms with Gasteiger partial charge < -0.3 is 9.73 Å². The minimum atomic E-state index is -0.152. The van der Waals surface area contributed by atoms with Crippen LogP contribution in [0.1, 0.15) is 34.5 Å². The Balaban J connectivity index is 1.73. The first-order chi connectivity index (χ1) is 9.65. The Morgan fingerprint density at radius 3 is 2.50 bits per heavy atom. The maximum absolute atomic E-state index is 11.7. The molecule has 0 saturated carbocycles. The summed E-state index contributed by atoms with van der Waals surface area (Å²) >= 11 is 0. The summed E-state index contributed by atoms with van der Waals surface area (Å²) in [6, 6.07) is 11.2. The van der Waals surface area contributed by atoms with Gasteiger partial charge in [-0.25, -0.2) is 0 Å². The van der Waals surface area contributed by atoms with Gasteiger partial charge in [0.25, 0.3) is 0 Å². The average Bonchev–Trinajstić information content (AvgIpc) is 2.98. The van der Waals surface area contributed by atoms with E-state index in [0.717, 1.165) is 5.56 Å². The molecule has 0 aliphatic carbocycles. The Morgan fingerprint density at radius 2 is 1.85 bits per heavy atom. The van der Waals surface area contributed by atoms with Crippen LogP contribution in [0, 0.1) is 6.92 Å². The number of ketones is 1. The lowest BCUT2D eigenvalue weighted by atomic mass is 10.1. The summed E-state index contributed by atoms with van der Waals surface area (Å²) in [5, 5.41) is 2.80. The summed E-state index contributed by atoms with van der Waals surface area (Å²) in [7, 11) is 0. The van der Waals surface area contributed by atoms with Crippen molar-refractivity contribution in [3.05, 3.63) is 59.5 Å². The van der Waals surface area contributed by atoms with Crippen LogP contribution < -0.4 is 5.32 Å². The van der Waals surface area contributed by atoms with E-state index in [4.69, 9.17) is 4.42 Å². The van der Waals surface area contributed by atoms with Crippen LogP contribution in [0.15, 0.2) is 47.1 Å². The third-order valence-corrected chi connectivity index (χ3v) is 2.99. The fourth-order valence-electron chi connectivity index (χ4n) is 1.78. The number of hydrogen-bond acceptors (Lipinski definition) is 3. The Hall–Kier alpha value is -2.36. The molecule has 104 valence electrons. The molecule has 1 aromatic carbocycles. The maximum atomic E-state index is 11.7. The Bertz CT molecular complexity index is 570. The molecule has 0 atom stereocenters. The van der Waals surface area contributed by atoms with Crippen molar-refractivity contribution in [3.8, 4) is 0 Å². The fraction of sp³-hybridized carbons (Fsp3) is 0.250. The SMILES string of the molecule is Cc1ccc(CNC(=O)CCC(=O)c2ccco2)cc1. The molecule has 20 heavy (non-hydrogen) atoms. The molecule has 0 fully saturated rings. The lowest BCUT2D eigenvalue weighted by Gasteiger charge is -2.05. The molecule has 0 bridgehead atoms. The molecule has 0 unspecified atom stereocenters. The van der Waals surface area contributed by atoms with Crippen LogP contribution in [-0.4, -0.2) is 11.7 Å². The first-order valence-corrected chi connectivity index (χ1v) is 6.54. The van der Waals surface area contributed by atoms with Crippen molar-refractivity contribution in [2.45, 2.75) is 26.3 Å². The zero-order chi connectivity index (χ0) is 14.4. The van der Waals surface area contributed by atoms with E-state index < -0.39 is 0 Å². The average molecular weight is 271 g/mol. The quantitative estimate of drug-likeness (QED) is 0.822. The van der Waals surface area contributed by atoms with Gasteiger partial charge in [-0.1, -0.05) is 29.8 Å². The first-order valence-electron chi connectivity index (χ1n) is 6.54. The highest BCUT2D eigenvalue weighted by Gasteiger charge is 2.11. The van der Waals surface area contributed by atoms with Crippen LogP contribution in [-0.2, 0) is 11.3 Å². The van der Waals surface area contributed by atoms with Gasteiger partial charge in [-0.15, -0.1) is 0 Å². The van der Waals surface area contributed by atoms with Crippen molar-refractivity contribution in [1.29, 1.82) is 0 Å². The van der Waals surface area contributed by atoms with Crippen LogP contribution in [0.5, 0.6) is 0 Å². The molecule has 0 spiro atoms. The number of rotatable bonds is 6. The van der Waals surface area contributed by atoms with Crippen LogP contribution in [0.25, 0.3) is 0 Å². The third kappa shape index (κ3) is 4.09. The monoisotopic (exact) mass is 271 g/mol. The van der Waals surface area contributed by atoms with E-state index in [9.17, 15) is 9.59 Å². The van der Waals surface area contributed by atoms with Crippen molar-refractivity contribution in [1.82, 2.24) is 5.32 Å². The lowest BCUT2D eigenvalue weighted by Crippen LogP contribution is -2.23. The van der Waals surface area contributed by atoms with Crippen molar-refractivity contribution >= 4 is 11.7 Å². The van der Waals surface area contributed by atoms with Crippen LogP contribution in [0.3, 0.4) is 0 Å². The van der Waals surface area contributed by atoms with Gasteiger partial charge in [-0.3, -0.25) is 9.59 Å². The van der Waals surface area contributed by atoms with E-state index in [1.807, 2.05) is 31.2 Å². The Kier molecular flexibility index (Phi) is 4.71. The van der Waals surface area contributed by atoms with Crippen LogP contribution >= 0.6 is 0 Å². The number of furan rings is 1. The first kappa shape index (κ1) is 14.1. The largest absolute Gasteiger partial charge is 0.461 e. The molecular weight excluding hydrogens is 254 g/mol. The molecule has 2 rings (SSSR count). The van der Waals surface area contributed by atoms with Crippen LogP contribution in [0.4, 0.5) is 0 Å². The van der Waals surface area contributed by atoms with Crippen molar-refractivity contribution < 1.29 is 14.0 Å². The number of aryl methyl sites for hydroxylation is 1. The smallest absolute Gasteiger partial charge is 0.220 e. The summed E-state index contributed by atoms with van der Waals surface area (Å²) in [6.45, 7) is 2.50. The van der Waals surface area contributed by atoms with E-state index in [1.54, 1.807) is 12.1 Å². The number of carbonyl (C=O) groups excluding carboxylic acids is 2. The van der Waals surface area contributed by atoms with Gasteiger partial charge in [0.15, 0.2) is 11.5 Å². The Labute approximate surface area is 117 Å². The molecule has 1 N–H and O–H groups in total. The van der Waals surface area contributed by atoms with E-state index in [-0.39, 0.29) is 24.5 Å². The second-order valence-electron chi connectivity index (χ2n) is 4.66. The Morgan fingerprint density at radius 1 is 1.10 bits per heavy atom. The standard InChI is InChI=1S/C16H17NO3/c1-12-4-6-13(7-5-12)11-17-16(19)9-8-14(18)15-3-2-10-20-15/h2-7,10H,8-9,11H2,1H3,(H,17,19). The molecule has 0 saturated heterocycles. The predicted molar refractivity (Wildman–Crippen MR) is 75.3 cm³/mol. The van der Waals surface area contributed by atoms with Gasteiger partial charge in [0.05, 0.1) is 6.26 Å². The van der Waals surface area contributed by atoms with E-state index in [1.165, 1.54) is 11.8 Å². The van der Waals surface area contributed by atoms with Gasteiger partial charge in [0, 0.05) is 19.4 Å². The summed E-state index contributed by atoms with van der Waals surface area (Å²) in [6.07, 6.45) is 1.78. The molecular formula is C16H17NO3. The van der Waals surface area contributed by atoms with Gasteiger partial charge in [0.2, 0.25) is 5.91 Å². The lowest BCUT2D eigenvalue weighted by molar-refractivity contribution is -0.121. The zero-order valence-corrected chi connectivity index (χ0v) is 11.4. The summed E-state index contributed by atoms with van der Waals surface area (Å²) in [5.41, 5.74) is 2.23. The molecule has 4 heteroatoms. The second kappa shape index (κ2) is 6.70. The van der Waals surface area contributed by atoms with Gasteiger partial charge in [-0.2, -0.15) is 0 Å². The minimum absolute atomic E-state index is 0.134. The number of Topliss-reactive ketones (excluding diaryl/α,β-unsaturated/α-hetero) is 1. The topological polar surface area (TPSA) is 59.3 Å². The number of hydrogen-bond donors (Lipinski definition) is 1. The number of benzene rings is 1.